The Hall–Kier alpha value is -2.88. The van der Waals surface area contributed by atoms with Gasteiger partial charge in [0.15, 0.2) is 6.61 Å². The lowest BCUT2D eigenvalue weighted by atomic mass is 10.1. The largest absolute Gasteiger partial charge is 0.484 e. The first kappa shape index (κ1) is 17.5. The van der Waals surface area contributed by atoms with Crippen LogP contribution in [0.25, 0.3) is 6.08 Å². The molecule has 24 heavy (non-hydrogen) atoms. The highest BCUT2D eigenvalue weighted by atomic mass is 16.5. The molecule has 0 spiro atoms. The van der Waals surface area contributed by atoms with Crippen molar-refractivity contribution in [3.8, 4) is 5.75 Å². The van der Waals surface area contributed by atoms with Crippen LogP contribution < -0.4 is 10.2 Å². The molecule has 0 atom stereocenters. The van der Waals surface area contributed by atoms with Crippen molar-refractivity contribution >= 4 is 18.2 Å². The van der Waals surface area contributed by atoms with Gasteiger partial charge in [-0.3, -0.25) is 4.79 Å². The van der Waals surface area contributed by atoms with Crippen molar-refractivity contribution in [2.45, 2.75) is 20.8 Å². The summed E-state index contributed by atoms with van der Waals surface area (Å²) < 4.78 is 5.46. The van der Waals surface area contributed by atoms with E-state index in [4.69, 9.17) is 4.74 Å². The van der Waals surface area contributed by atoms with Crippen LogP contribution in [0.3, 0.4) is 0 Å². The first-order chi connectivity index (χ1) is 11.5. The molecule has 124 valence electrons. The predicted molar refractivity (Wildman–Crippen MR) is 98.1 cm³/mol. The number of benzene rings is 2. The fourth-order valence-electron chi connectivity index (χ4n) is 2.04. The molecule has 0 aliphatic heterocycles. The monoisotopic (exact) mass is 322 g/mol. The van der Waals surface area contributed by atoms with Gasteiger partial charge in [0.25, 0.3) is 5.91 Å². The van der Waals surface area contributed by atoms with Crippen LogP contribution in [0.2, 0.25) is 0 Å². The molecule has 0 fully saturated rings. The summed E-state index contributed by atoms with van der Waals surface area (Å²) in [6, 6.07) is 15.7. The van der Waals surface area contributed by atoms with E-state index in [1.165, 1.54) is 5.56 Å². The molecule has 0 radical (unpaired) electrons. The van der Waals surface area contributed by atoms with E-state index < -0.39 is 0 Å². The van der Waals surface area contributed by atoms with Gasteiger partial charge in [0, 0.05) is 0 Å². The number of nitrogens with zero attached hydrogens (tertiary/aromatic N) is 1. The Morgan fingerprint density at radius 2 is 1.88 bits per heavy atom. The Morgan fingerprint density at radius 3 is 2.58 bits per heavy atom. The Morgan fingerprint density at radius 1 is 1.12 bits per heavy atom. The summed E-state index contributed by atoms with van der Waals surface area (Å²) in [6.07, 6.45) is 3.60. The lowest BCUT2D eigenvalue weighted by Crippen LogP contribution is -2.24. The first-order valence-corrected chi connectivity index (χ1v) is 7.80. The molecule has 4 nitrogen and oxygen atoms in total. The minimum atomic E-state index is -0.294. The smallest absolute Gasteiger partial charge is 0.277 e. The average molecular weight is 322 g/mol. The van der Waals surface area contributed by atoms with Gasteiger partial charge in [-0.25, -0.2) is 5.43 Å². The zero-order chi connectivity index (χ0) is 17.4. The Bertz CT molecular complexity index is 749. The molecule has 2 rings (SSSR count). The summed E-state index contributed by atoms with van der Waals surface area (Å²) in [6.45, 7) is 5.90. The average Bonchev–Trinajstić information content (AvgIpc) is 2.57. The third kappa shape index (κ3) is 5.72. The second-order valence-electron chi connectivity index (χ2n) is 5.63. The molecule has 0 aromatic heterocycles. The minimum Gasteiger partial charge on any atom is -0.484 e. The number of hydrogen-bond donors (Lipinski definition) is 1. The molecule has 0 aliphatic rings. The highest BCUT2D eigenvalue weighted by Crippen LogP contribution is 2.16. The van der Waals surface area contributed by atoms with Crippen LogP contribution in [-0.2, 0) is 4.79 Å². The first-order valence-electron chi connectivity index (χ1n) is 7.80. The molecular weight excluding hydrogens is 300 g/mol. The number of amides is 1. The van der Waals surface area contributed by atoms with Crippen LogP contribution >= 0.6 is 0 Å². The maximum atomic E-state index is 11.7. The third-order valence-electron chi connectivity index (χ3n) is 3.50. The molecule has 0 saturated heterocycles. The number of aryl methyl sites for hydroxylation is 2. The van der Waals surface area contributed by atoms with Crippen molar-refractivity contribution in [2.24, 2.45) is 5.10 Å². The normalized spacial score (nSPS) is 11.5. The topological polar surface area (TPSA) is 50.7 Å². The van der Waals surface area contributed by atoms with E-state index in [1.54, 1.807) is 6.21 Å². The van der Waals surface area contributed by atoms with Crippen molar-refractivity contribution in [3.63, 3.8) is 0 Å². The molecule has 0 heterocycles. The summed E-state index contributed by atoms with van der Waals surface area (Å²) in [7, 11) is 0. The van der Waals surface area contributed by atoms with E-state index >= 15 is 0 Å². The van der Waals surface area contributed by atoms with Gasteiger partial charge < -0.3 is 4.74 Å². The Kier molecular flexibility index (Phi) is 6.32. The standard InChI is InChI=1S/C20H22N2O2/c1-15(11-18-7-5-4-6-8-18)13-21-22-20(23)14-24-19-10-9-16(2)17(3)12-19/h4-13H,14H2,1-3H3,(H,22,23). The molecule has 2 aromatic carbocycles. The summed E-state index contributed by atoms with van der Waals surface area (Å²) in [5, 5.41) is 3.94. The van der Waals surface area contributed by atoms with E-state index in [-0.39, 0.29) is 12.5 Å². The quantitative estimate of drug-likeness (QED) is 0.648. The highest BCUT2D eigenvalue weighted by molar-refractivity contribution is 5.86. The fraction of sp³-hybridized carbons (Fsp3) is 0.200. The van der Waals surface area contributed by atoms with Gasteiger partial charge in [-0.05, 0) is 55.2 Å². The summed E-state index contributed by atoms with van der Waals surface area (Å²) in [5.74, 6) is 0.384. The van der Waals surface area contributed by atoms with Crippen LogP contribution in [-0.4, -0.2) is 18.7 Å². The number of rotatable bonds is 6. The van der Waals surface area contributed by atoms with E-state index in [2.05, 4.69) is 10.5 Å². The lowest BCUT2D eigenvalue weighted by molar-refractivity contribution is -0.123. The van der Waals surface area contributed by atoms with Crippen molar-refractivity contribution in [1.29, 1.82) is 0 Å². The second kappa shape index (κ2) is 8.67. The number of ether oxygens (including phenoxy) is 1. The van der Waals surface area contributed by atoms with Crippen LogP contribution in [0.1, 0.15) is 23.6 Å². The lowest BCUT2D eigenvalue weighted by Gasteiger charge is -2.07. The van der Waals surface area contributed by atoms with Gasteiger partial charge in [0.1, 0.15) is 5.75 Å². The Labute approximate surface area is 142 Å². The third-order valence-corrected chi connectivity index (χ3v) is 3.50. The molecule has 0 bridgehead atoms. The van der Waals surface area contributed by atoms with Crippen LogP contribution in [0.4, 0.5) is 0 Å². The maximum absolute atomic E-state index is 11.7. The Balaban J connectivity index is 1.80. The van der Waals surface area contributed by atoms with Crippen LogP contribution in [0.5, 0.6) is 5.75 Å². The number of allylic oxidation sites excluding steroid dienone is 1. The fourth-order valence-corrected chi connectivity index (χ4v) is 2.04. The van der Waals surface area contributed by atoms with Crippen LogP contribution in [0, 0.1) is 13.8 Å². The van der Waals surface area contributed by atoms with Crippen LogP contribution in [0.15, 0.2) is 59.2 Å². The predicted octanol–water partition coefficient (Wildman–Crippen LogP) is 3.89. The van der Waals surface area contributed by atoms with Crippen molar-refractivity contribution in [2.75, 3.05) is 6.61 Å². The van der Waals surface area contributed by atoms with Crippen molar-refractivity contribution < 1.29 is 9.53 Å². The summed E-state index contributed by atoms with van der Waals surface area (Å²) in [5.41, 5.74) is 6.81. The number of carbonyl (C=O) groups is 1. The minimum absolute atomic E-state index is 0.0682. The SMILES string of the molecule is CC(C=NNC(=O)COc1ccc(C)c(C)c1)=Cc1ccccc1. The molecule has 0 aliphatic carbocycles. The van der Waals surface area contributed by atoms with Gasteiger partial charge in [-0.15, -0.1) is 0 Å². The molecule has 0 unspecified atom stereocenters. The van der Waals surface area contributed by atoms with Gasteiger partial charge in [0.2, 0.25) is 0 Å². The molecular formula is C20H22N2O2. The van der Waals surface area contributed by atoms with E-state index in [0.717, 1.165) is 16.7 Å². The molecule has 0 saturated carbocycles. The van der Waals surface area contributed by atoms with Crippen molar-refractivity contribution in [1.82, 2.24) is 5.43 Å². The second-order valence-corrected chi connectivity index (χ2v) is 5.63. The maximum Gasteiger partial charge on any atom is 0.277 e. The summed E-state index contributed by atoms with van der Waals surface area (Å²) >= 11 is 0. The summed E-state index contributed by atoms with van der Waals surface area (Å²) in [4.78, 5) is 11.7. The number of carbonyl (C=O) groups excluding carboxylic acids is 1. The van der Waals surface area contributed by atoms with E-state index in [1.807, 2.05) is 75.4 Å². The van der Waals surface area contributed by atoms with Gasteiger partial charge in [-0.2, -0.15) is 5.10 Å². The zero-order valence-corrected chi connectivity index (χ0v) is 14.2. The van der Waals surface area contributed by atoms with Gasteiger partial charge in [-0.1, -0.05) is 42.5 Å². The zero-order valence-electron chi connectivity index (χ0n) is 14.2. The highest BCUT2D eigenvalue weighted by Gasteiger charge is 2.02. The molecule has 4 heteroatoms. The molecule has 1 amide bonds. The molecule has 1 N–H and O–H groups in total. The van der Waals surface area contributed by atoms with Crippen molar-refractivity contribution in [3.05, 3.63) is 70.8 Å². The number of nitrogens with one attached hydrogen (secondary N) is 1. The molecule has 2 aromatic rings. The number of hydrogen-bond acceptors (Lipinski definition) is 3. The van der Waals surface area contributed by atoms with E-state index in [9.17, 15) is 4.79 Å². The van der Waals surface area contributed by atoms with Gasteiger partial charge >= 0.3 is 0 Å². The van der Waals surface area contributed by atoms with Gasteiger partial charge in [0.05, 0.1) is 6.21 Å². The van der Waals surface area contributed by atoms with E-state index in [0.29, 0.717) is 5.75 Å². The number of hydrazone groups is 1.